The molecular formula is C17H19BrN2O3S2. The highest BCUT2D eigenvalue weighted by molar-refractivity contribution is 9.10. The van der Waals surface area contributed by atoms with Gasteiger partial charge in [0.1, 0.15) is 0 Å². The summed E-state index contributed by atoms with van der Waals surface area (Å²) >= 11 is 4.96. The molecule has 0 spiro atoms. The molecule has 5 nitrogen and oxygen atoms in total. The lowest BCUT2D eigenvalue weighted by molar-refractivity contribution is -0.132. The number of benzene rings is 1. The molecule has 2 aromatic rings. The highest BCUT2D eigenvalue weighted by atomic mass is 79.9. The number of nitrogens with zero attached hydrogens (tertiary/aromatic N) is 2. The smallest absolute Gasteiger partial charge is 0.244 e. The van der Waals surface area contributed by atoms with Crippen LogP contribution in [0.2, 0.25) is 0 Å². The predicted octanol–water partition coefficient (Wildman–Crippen LogP) is 2.98. The van der Waals surface area contributed by atoms with Gasteiger partial charge in [0, 0.05) is 41.9 Å². The molecule has 0 unspecified atom stereocenters. The largest absolute Gasteiger partial charge is 0.340 e. The lowest BCUT2D eigenvalue weighted by Crippen LogP contribution is -2.50. The van der Waals surface area contributed by atoms with Crippen molar-refractivity contribution in [2.75, 3.05) is 26.2 Å². The van der Waals surface area contributed by atoms with Gasteiger partial charge in [-0.3, -0.25) is 4.79 Å². The van der Waals surface area contributed by atoms with Gasteiger partial charge in [0.05, 0.1) is 4.90 Å². The molecule has 0 atom stereocenters. The fourth-order valence-corrected chi connectivity index (χ4v) is 5.91. The van der Waals surface area contributed by atoms with Gasteiger partial charge in [-0.15, -0.1) is 11.3 Å². The van der Waals surface area contributed by atoms with Crippen molar-refractivity contribution in [2.45, 2.75) is 17.7 Å². The van der Waals surface area contributed by atoms with Crippen molar-refractivity contribution in [3.63, 3.8) is 0 Å². The molecular weight excluding hydrogens is 424 g/mol. The molecule has 0 aliphatic carbocycles. The Balaban J connectivity index is 1.58. The third kappa shape index (κ3) is 4.31. The first-order valence-corrected chi connectivity index (χ1v) is 11.1. The molecule has 0 N–H and O–H groups in total. The summed E-state index contributed by atoms with van der Waals surface area (Å²) in [5.74, 6) is 0.0892. The van der Waals surface area contributed by atoms with E-state index in [1.54, 1.807) is 40.5 Å². The van der Waals surface area contributed by atoms with Crippen molar-refractivity contribution in [1.29, 1.82) is 0 Å². The Labute approximate surface area is 160 Å². The maximum absolute atomic E-state index is 12.8. The molecule has 3 rings (SSSR count). The molecule has 1 aromatic carbocycles. The van der Waals surface area contributed by atoms with Gasteiger partial charge in [-0.2, -0.15) is 4.31 Å². The summed E-state index contributed by atoms with van der Waals surface area (Å²) in [7, 11) is -3.54. The van der Waals surface area contributed by atoms with Crippen molar-refractivity contribution in [2.24, 2.45) is 0 Å². The fraction of sp³-hybridized carbons (Fsp3) is 0.353. The van der Waals surface area contributed by atoms with Gasteiger partial charge in [0.25, 0.3) is 0 Å². The van der Waals surface area contributed by atoms with Crippen LogP contribution < -0.4 is 0 Å². The molecule has 1 aromatic heterocycles. The van der Waals surface area contributed by atoms with Crippen LogP contribution in [0.3, 0.4) is 0 Å². The van der Waals surface area contributed by atoms with Crippen LogP contribution in [-0.4, -0.2) is 49.7 Å². The first-order chi connectivity index (χ1) is 12.0. The van der Waals surface area contributed by atoms with Gasteiger partial charge in [0.2, 0.25) is 15.9 Å². The molecule has 2 heterocycles. The molecule has 0 radical (unpaired) electrons. The van der Waals surface area contributed by atoms with Crippen molar-refractivity contribution in [3.05, 3.63) is 51.1 Å². The number of amides is 1. The fourth-order valence-electron chi connectivity index (χ4n) is 2.81. The molecule has 0 saturated carbocycles. The first-order valence-electron chi connectivity index (χ1n) is 8.03. The zero-order valence-corrected chi connectivity index (χ0v) is 16.8. The van der Waals surface area contributed by atoms with E-state index in [-0.39, 0.29) is 10.8 Å². The van der Waals surface area contributed by atoms with Crippen LogP contribution in [0.5, 0.6) is 0 Å². The Hall–Kier alpha value is -1.22. The van der Waals surface area contributed by atoms with E-state index in [4.69, 9.17) is 0 Å². The summed E-state index contributed by atoms with van der Waals surface area (Å²) in [6, 6.07) is 10.8. The second-order valence-electron chi connectivity index (χ2n) is 5.79. The van der Waals surface area contributed by atoms with Gasteiger partial charge in [0.15, 0.2) is 0 Å². The summed E-state index contributed by atoms with van der Waals surface area (Å²) in [4.78, 5) is 15.6. The molecule has 1 fully saturated rings. The second-order valence-corrected chi connectivity index (χ2v) is 9.59. The highest BCUT2D eigenvalue weighted by Crippen LogP contribution is 2.25. The zero-order chi connectivity index (χ0) is 17.9. The maximum atomic E-state index is 12.8. The molecule has 1 aliphatic heterocycles. The van der Waals surface area contributed by atoms with Gasteiger partial charge >= 0.3 is 0 Å². The number of sulfonamides is 1. The number of carbonyl (C=O) groups excluding carboxylic acids is 1. The van der Waals surface area contributed by atoms with E-state index >= 15 is 0 Å². The Bertz CT molecular complexity index is 829. The van der Waals surface area contributed by atoms with E-state index < -0.39 is 10.0 Å². The number of halogens is 1. The average molecular weight is 443 g/mol. The standard InChI is InChI=1S/C17H19BrN2O3S2/c18-15-5-1-2-6-16(15)25(22,23)20-11-9-19(10-12-20)17(21)8-7-14-4-3-13-24-14/h1-6,13H,7-12H2. The normalized spacial score (nSPS) is 16.1. The lowest BCUT2D eigenvalue weighted by Gasteiger charge is -2.34. The van der Waals surface area contributed by atoms with Crippen LogP contribution >= 0.6 is 27.3 Å². The summed E-state index contributed by atoms with van der Waals surface area (Å²) in [5.41, 5.74) is 0. The molecule has 25 heavy (non-hydrogen) atoms. The number of hydrogen-bond acceptors (Lipinski definition) is 4. The van der Waals surface area contributed by atoms with Crippen LogP contribution in [0.4, 0.5) is 0 Å². The second kappa shape index (κ2) is 7.99. The molecule has 1 aliphatic rings. The number of piperazine rings is 1. The van der Waals surface area contributed by atoms with Crippen LogP contribution in [0.15, 0.2) is 51.1 Å². The van der Waals surface area contributed by atoms with E-state index in [1.165, 1.54) is 9.18 Å². The minimum Gasteiger partial charge on any atom is -0.340 e. The van der Waals surface area contributed by atoms with Crippen LogP contribution in [-0.2, 0) is 21.2 Å². The third-order valence-electron chi connectivity index (χ3n) is 4.21. The minimum absolute atomic E-state index is 0.0892. The summed E-state index contributed by atoms with van der Waals surface area (Å²) in [5, 5.41) is 2.01. The number of hydrogen-bond donors (Lipinski definition) is 0. The maximum Gasteiger partial charge on any atom is 0.244 e. The zero-order valence-electron chi connectivity index (χ0n) is 13.6. The van der Waals surface area contributed by atoms with Crippen LogP contribution in [0.25, 0.3) is 0 Å². The molecule has 0 bridgehead atoms. The Morgan fingerprint density at radius 3 is 2.44 bits per heavy atom. The quantitative estimate of drug-likeness (QED) is 0.714. The van der Waals surface area contributed by atoms with Crippen molar-refractivity contribution >= 4 is 43.2 Å². The highest BCUT2D eigenvalue weighted by Gasteiger charge is 2.31. The van der Waals surface area contributed by atoms with Crippen molar-refractivity contribution < 1.29 is 13.2 Å². The van der Waals surface area contributed by atoms with E-state index in [0.29, 0.717) is 37.1 Å². The van der Waals surface area contributed by atoms with E-state index in [1.807, 2.05) is 17.5 Å². The first kappa shape index (κ1) is 18.6. The summed E-state index contributed by atoms with van der Waals surface area (Å²) in [6.45, 7) is 1.53. The summed E-state index contributed by atoms with van der Waals surface area (Å²) in [6.07, 6.45) is 1.21. The molecule has 1 amide bonds. The van der Waals surface area contributed by atoms with E-state index in [9.17, 15) is 13.2 Å². The van der Waals surface area contributed by atoms with Gasteiger partial charge in [-0.05, 0) is 45.9 Å². The third-order valence-corrected chi connectivity index (χ3v) is 8.06. The SMILES string of the molecule is O=C(CCc1cccs1)N1CCN(S(=O)(=O)c2ccccc2Br)CC1. The van der Waals surface area contributed by atoms with Crippen molar-refractivity contribution in [1.82, 2.24) is 9.21 Å². The number of rotatable bonds is 5. The number of carbonyl (C=O) groups is 1. The Morgan fingerprint density at radius 2 is 1.80 bits per heavy atom. The predicted molar refractivity (Wildman–Crippen MR) is 102 cm³/mol. The molecule has 134 valence electrons. The monoisotopic (exact) mass is 442 g/mol. The van der Waals surface area contributed by atoms with Gasteiger partial charge in [-0.1, -0.05) is 18.2 Å². The molecule has 1 saturated heterocycles. The topological polar surface area (TPSA) is 57.7 Å². The number of aryl methyl sites for hydroxylation is 1. The number of thiophene rings is 1. The summed E-state index contributed by atoms with van der Waals surface area (Å²) < 4.78 is 27.5. The Morgan fingerprint density at radius 1 is 1.08 bits per heavy atom. The van der Waals surface area contributed by atoms with Gasteiger partial charge in [-0.25, -0.2) is 8.42 Å². The Kier molecular flexibility index (Phi) is 5.93. The van der Waals surface area contributed by atoms with E-state index in [0.717, 1.165) is 6.42 Å². The van der Waals surface area contributed by atoms with Crippen LogP contribution in [0, 0.1) is 0 Å². The molecule has 8 heteroatoms. The lowest BCUT2D eigenvalue weighted by atomic mass is 10.2. The van der Waals surface area contributed by atoms with Crippen molar-refractivity contribution in [3.8, 4) is 0 Å². The average Bonchev–Trinajstić information content (AvgIpc) is 3.13. The van der Waals surface area contributed by atoms with Gasteiger partial charge < -0.3 is 4.90 Å². The van der Waals surface area contributed by atoms with Crippen LogP contribution in [0.1, 0.15) is 11.3 Å². The van der Waals surface area contributed by atoms with E-state index in [2.05, 4.69) is 15.9 Å². The minimum atomic E-state index is -3.54.